The molecule has 0 bridgehead atoms. The monoisotopic (exact) mass is 207 g/mol. The van der Waals surface area contributed by atoms with Gasteiger partial charge in [-0.25, -0.2) is 0 Å². The second-order valence-corrected chi connectivity index (χ2v) is 4.67. The minimum Gasteiger partial charge on any atom is -0.275 e. The van der Waals surface area contributed by atoms with Gasteiger partial charge in [-0.15, -0.1) is 0 Å². The fraction of sp³-hybridized carbons (Fsp3) is 0.667. The summed E-state index contributed by atoms with van der Waals surface area (Å²) in [5.41, 5.74) is 1.57. The van der Waals surface area contributed by atoms with E-state index in [2.05, 4.69) is 13.8 Å². The summed E-state index contributed by atoms with van der Waals surface area (Å²) < 4.78 is 0. The van der Waals surface area contributed by atoms with E-state index < -0.39 is 0 Å². The maximum atomic E-state index is 11.9. The van der Waals surface area contributed by atoms with Gasteiger partial charge in [0.2, 0.25) is 0 Å². The predicted octanol–water partition coefficient (Wildman–Crippen LogP) is 1.74. The van der Waals surface area contributed by atoms with Crippen molar-refractivity contribution in [1.29, 1.82) is 0 Å². The number of rotatable bonds is 1. The number of hydrogen-bond acceptors (Lipinski definition) is 2. The zero-order valence-corrected chi connectivity index (χ0v) is 9.54. The number of carbonyl (C=O) groups is 2. The molecule has 3 nitrogen and oxygen atoms in total. The van der Waals surface area contributed by atoms with Gasteiger partial charge in [0.1, 0.15) is 0 Å². The van der Waals surface area contributed by atoms with Crippen LogP contribution in [0, 0.1) is 11.8 Å². The van der Waals surface area contributed by atoms with E-state index >= 15 is 0 Å². The molecule has 0 saturated carbocycles. The van der Waals surface area contributed by atoms with Crippen LogP contribution in [0.4, 0.5) is 0 Å². The van der Waals surface area contributed by atoms with Crippen LogP contribution in [0.1, 0.15) is 33.6 Å². The topological polar surface area (TPSA) is 37.4 Å². The maximum absolute atomic E-state index is 11.9. The number of amides is 2. The van der Waals surface area contributed by atoms with Gasteiger partial charge < -0.3 is 0 Å². The molecule has 1 heterocycles. The highest BCUT2D eigenvalue weighted by Crippen LogP contribution is 2.38. The Balaban J connectivity index is 2.34. The van der Waals surface area contributed by atoms with Gasteiger partial charge in [0.25, 0.3) is 11.8 Å². The van der Waals surface area contributed by atoms with E-state index in [0.717, 1.165) is 24.0 Å². The SMILES string of the molecule is CCN1C(=O)C2=C(CC(C)C(C)C2)C1=O. The number of likely N-dealkylation sites (N-methyl/N-ethyl adjacent to an activating group) is 1. The summed E-state index contributed by atoms with van der Waals surface area (Å²) in [4.78, 5) is 25.1. The highest BCUT2D eigenvalue weighted by Gasteiger charge is 2.41. The van der Waals surface area contributed by atoms with Gasteiger partial charge in [0.15, 0.2) is 0 Å². The first kappa shape index (κ1) is 10.4. The van der Waals surface area contributed by atoms with E-state index in [0.29, 0.717) is 18.4 Å². The standard InChI is InChI=1S/C12H17NO2/c1-4-13-11(14)9-5-7(2)8(3)6-10(9)12(13)15/h7-8H,4-6H2,1-3H3. The minimum atomic E-state index is -0.0451. The molecule has 0 spiro atoms. The molecule has 2 atom stereocenters. The van der Waals surface area contributed by atoms with Crippen LogP contribution in [0.5, 0.6) is 0 Å². The van der Waals surface area contributed by atoms with E-state index in [9.17, 15) is 9.59 Å². The Morgan fingerprint density at radius 3 is 1.80 bits per heavy atom. The average molecular weight is 207 g/mol. The summed E-state index contributed by atoms with van der Waals surface area (Å²) in [5, 5.41) is 0. The summed E-state index contributed by atoms with van der Waals surface area (Å²) in [6, 6.07) is 0. The molecule has 0 aromatic rings. The summed E-state index contributed by atoms with van der Waals surface area (Å²) in [6.07, 6.45) is 1.55. The molecule has 0 saturated heterocycles. The van der Waals surface area contributed by atoms with Crippen molar-refractivity contribution in [3.63, 3.8) is 0 Å². The fourth-order valence-electron chi connectivity index (χ4n) is 2.43. The zero-order valence-electron chi connectivity index (χ0n) is 9.54. The molecular formula is C12H17NO2. The van der Waals surface area contributed by atoms with Crippen molar-refractivity contribution in [3.05, 3.63) is 11.1 Å². The van der Waals surface area contributed by atoms with Crippen molar-refractivity contribution in [2.45, 2.75) is 33.6 Å². The molecule has 3 heteroatoms. The molecule has 1 aliphatic carbocycles. The molecule has 0 N–H and O–H groups in total. The van der Waals surface area contributed by atoms with Crippen LogP contribution < -0.4 is 0 Å². The van der Waals surface area contributed by atoms with E-state index in [1.54, 1.807) is 0 Å². The fourth-order valence-corrected chi connectivity index (χ4v) is 2.43. The molecule has 82 valence electrons. The summed E-state index contributed by atoms with van der Waals surface area (Å²) in [6.45, 7) is 6.65. The lowest BCUT2D eigenvalue weighted by Crippen LogP contribution is -2.31. The largest absolute Gasteiger partial charge is 0.275 e. The highest BCUT2D eigenvalue weighted by molar-refractivity contribution is 6.19. The van der Waals surface area contributed by atoms with Crippen LogP contribution in [0.25, 0.3) is 0 Å². The summed E-state index contributed by atoms with van der Waals surface area (Å²) in [5.74, 6) is 0.933. The normalized spacial score (nSPS) is 31.3. The molecule has 0 aromatic carbocycles. The van der Waals surface area contributed by atoms with E-state index in [1.165, 1.54) is 4.90 Å². The summed E-state index contributed by atoms with van der Waals surface area (Å²) in [7, 11) is 0. The van der Waals surface area contributed by atoms with Crippen LogP contribution >= 0.6 is 0 Å². The van der Waals surface area contributed by atoms with Crippen molar-refractivity contribution < 1.29 is 9.59 Å². The number of hydrogen-bond donors (Lipinski definition) is 0. The second kappa shape index (κ2) is 3.47. The van der Waals surface area contributed by atoms with Crippen molar-refractivity contribution >= 4 is 11.8 Å². The number of carbonyl (C=O) groups excluding carboxylic acids is 2. The van der Waals surface area contributed by atoms with Crippen LogP contribution in [-0.2, 0) is 9.59 Å². The van der Waals surface area contributed by atoms with E-state index in [1.807, 2.05) is 6.92 Å². The quantitative estimate of drug-likeness (QED) is 0.614. The molecule has 15 heavy (non-hydrogen) atoms. The lowest BCUT2D eigenvalue weighted by molar-refractivity contribution is -0.137. The third kappa shape index (κ3) is 1.41. The third-order valence-corrected chi connectivity index (χ3v) is 3.71. The molecule has 2 rings (SSSR count). The Morgan fingerprint density at radius 2 is 1.47 bits per heavy atom. The molecule has 2 amide bonds. The summed E-state index contributed by atoms with van der Waals surface area (Å²) >= 11 is 0. The first-order valence-corrected chi connectivity index (χ1v) is 5.64. The molecule has 0 fully saturated rings. The Labute approximate surface area is 90.1 Å². The van der Waals surface area contributed by atoms with Crippen molar-refractivity contribution in [1.82, 2.24) is 4.90 Å². The lowest BCUT2D eigenvalue weighted by atomic mass is 9.78. The molecule has 1 aliphatic heterocycles. The van der Waals surface area contributed by atoms with Crippen molar-refractivity contribution in [2.75, 3.05) is 6.54 Å². The molecule has 0 aromatic heterocycles. The van der Waals surface area contributed by atoms with Crippen LogP contribution in [0.3, 0.4) is 0 Å². The molecule has 2 aliphatic rings. The van der Waals surface area contributed by atoms with Gasteiger partial charge in [-0.05, 0) is 31.6 Å². The minimum absolute atomic E-state index is 0.0451. The second-order valence-electron chi connectivity index (χ2n) is 4.67. The first-order valence-electron chi connectivity index (χ1n) is 5.64. The molecule has 2 unspecified atom stereocenters. The smallest absolute Gasteiger partial charge is 0.257 e. The van der Waals surface area contributed by atoms with Crippen LogP contribution in [-0.4, -0.2) is 23.3 Å². The van der Waals surface area contributed by atoms with Gasteiger partial charge in [0, 0.05) is 17.7 Å². The van der Waals surface area contributed by atoms with Crippen molar-refractivity contribution in [2.24, 2.45) is 11.8 Å². The van der Waals surface area contributed by atoms with Crippen LogP contribution in [0.2, 0.25) is 0 Å². The molecular weight excluding hydrogens is 190 g/mol. The predicted molar refractivity (Wildman–Crippen MR) is 57.0 cm³/mol. The first-order chi connectivity index (χ1) is 7.06. The molecule has 0 radical (unpaired) electrons. The average Bonchev–Trinajstić information content (AvgIpc) is 2.42. The van der Waals surface area contributed by atoms with Gasteiger partial charge >= 0.3 is 0 Å². The van der Waals surface area contributed by atoms with Gasteiger partial charge in [-0.2, -0.15) is 0 Å². The van der Waals surface area contributed by atoms with Gasteiger partial charge in [-0.3, -0.25) is 14.5 Å². The number of imide groups is 1. The third-order valence-electron chi connectivity index (χ3n) is 3.71. The Morgan fingerprint density at radius 1 is 1.07 bits per heavy atom. The van der Waals surface area contributed by atoms with Crippen LogP contribution in [0.15, 0.2) is 11.1 Å². The Bertz CT molecular complexity index is 325. The highest BCUT2D eigenvalue weighted by atomic mass is 16.2. The Kier molecular flexibility index (Phi) is 2.41. The van der Waals surface area contributed by atoms with E-state index in [4.69, 9.17) is 0 Å². The van der Waals surface area contributed by atoms with E-state index in [-0.39, 0.29) is 11.8 Å². The van der Waals surface area contributed by atoms with Gasteiger partial charge in [0.05, 0.1) is 0 Å². The maximum Gasteiger partial charge on any atom is 0.257 e. The van der Waals surface area contributed by atoms with Gasteiger partial charge in [-0.1, -0.05) is 13.8 Å². The Hall–Kier alpha value is -1.12. The van der Waals surface area contributed by atoms with Crippen molar-refractivity contribution in [3.8, 4) is 0 Å². The zero-order chi connectivity index (χ0) is 11.2. The lowest BCUT2D eigenvalue weighted by Gasteiger charge is -2.24. The number of nitrogens with zero attached hydrogens (tertiary/aromatic N) is 1.